The van der Waals surface area contributed by atoms with Gasteiger partial charge in [0.1, 0.15) is 5.82 Å². The first-order valence-corrected chi connectivity index (χ1v) is 10.4. The second-order valence-corrected chi connectivity index (χ2v) is 8.85. The molecule has 0 saturated carbocycles. The van der Waals surface area contributed by atoms with Gasteiger partial charge >= 0.3 is 0 Å². The molecule has 1 fully saturated rings. The van der Waals surface area contributed by atoms with Crippen molar-refractivity contribution in [3.05, 3.63) is 53.9 Å². The molecule has 0 aliphatic carbocycles. The lowest BCUT2D eigenvalue weighted by Crippen LogP contribution is -2.31. The third kappa shape index (κ3) is 2.64. The number of sulfonamides is 1. The summed E-state index contributed by atoms with van der Waals surface area (Å²) in [6.07, 6.45) is 1.72. The van der Waals surface area contributed by atoms with Gasteiger partial charge in [0.2, 0.25) is 15.9 Å². The van der Waals surface area contributed by atoms with E-state index in [1.807, 2.05) is 24.3 Å². The van der Waals surface area contributed by atoms with Crippen LogP contribution >= 0.6 is 0 Å². The summed E-state index contributed by atoms with van der Waals surface area (Å²) in [6.45, 7) is 0.457. The van der Waals surface area contributed by atoms with E-state index in [4.69, 9.17) is 0 Å². The molecule has 2 aliphatic rings. The van der Waals surface area contributed by atoms with Crippen LogP contribution in [0.3, 0.4) is 0 Å². The summed E-state index contributed by atoms with van der Waals surface area (Å²) in [5, 5.41) is 2.73. The SMILES string of the molecule is O=C1Cc2cc(S(=O)(=O)N3CCCC3c3nc4ccccc4[nH]3)ccc2N1. The Morgan fingerprint density at radius 3 is 2.85 bits per heavy atom. The van der Waals surface area contributed by atoms with Crippen molar-refractivity contribution in [2.75, 3.05) is 11.9 Å². The number of rotatable bonds is 3. The smallest absolute Gasteiger partial charge is 0.243 e. The minimum atomic E-state index is -3.68. The van der Waals surface area contributed by atoms with Crippen LogP contribution < -0.4 is 5.32 Å². The zero-order chi connectivity index (χ0) is 18.6. The summed E-state index contributed by atoms with van der Waals surface area (Å²) in [5.74, 6) is 0.566. The Hall–Kier alpha value is -2.71. The number of H-pyrrole nitrogens is 1. The van der Waals surface area contributed by atoms with Crippen molar-refractivity contribution in [3.8, 4) is 0 Å². The summed E-state index contributed by atoms with van der Waals surface area (Å²) in [6, 6.07) is 12.2. The summed E-state index contributed by atoms with van der Waals surface area (Å²) in [4.78, 5) is 19.6. The second-order valence-electron chi connectivity index (χ2n) is 6.96. The third-order valence-corrected chi connectivity index (χ3v) is 7.14. The lowest BCUT2D eigenvalue weighted by molar-refractivity contribution is -0.115. The molecule has 3 heterocycles. The average molecular weight is 382 g/mol. The molecule has 0 radical (unpaired) electrons. The number of anilines is 1. The van der Waals surface area contributed by atoms with Crippen molar-refractivity contribution in [1.82, 2.24) is 14.3 Å². The van der Waals surface area contributed by atoms with Gasteiger partial charge in [0.15, 0.2) is 0 Å². The van der Waals surface area contributed by atoms with Crippen LogP contribution in [0.25, 0.3) is 11.0 Å². The van der Waals surface area contributed by atoms with Crippen LogP contribution in [0.5, 0.6) is 0 Å². The molecule has 1 saturated heterocycles. The maximum Gasteiger partial charge on any atom is 0.243 e. The maximum atomic E-state index is 13.3. The average Bonchev–Trinajstić information content (AvgIpc) is 3.36. The molecule has 5 rings (SSSR count). The van der Waals surface area contributed by atoms with Gasteiger partial charge in [0.05, 0.1) is 28.4 Å². The molecule has 2 N–H and O–H groups in total. The van der Waals surface area contributed by atoms with Gasteiger partial charge in [-0.25, -0.2) is 13.4 Å². The number of nitrogens with one attached hydrogen (secondary N) is 2. The van der Waals surface area contributed by atoms with E-state index in [0.717, 1.165) is 29.4 Å². The standard InChI is InChI=1S/C19H18N4O3S/c24-18-11-12-10-13(7-8-14(12)20-18)27(25,26)23-9-3-6-17(23)19-21-15-4-1-2-5-16(15)22-19/h1-2,4-5,7-8,10,17H,3,6,9,11H2,(H,20,24)(H,21,22). The lowest BCUT2D eigenvalue weighted by atomic mass is 10.2. The quantitative estimate of drug-likeness (QED) is 0.728. The number of fused-ring (bicyclic) bond motifs is 2. The Morgan fingerprint density at radius 1 is 1.15 bits per heavy atom. The van der Waals surface area contributed by atoms with Gasteiger partial charge in [0, 0.05) is 12.2 Å². The number of aromatic amines is 1. The van der Waals surface area contributed by atoms with Crippen LogP contribution in [0.15, 0.2) is 47.4 Å². The van der Waals surface area contributed by atoms with Gasteiger partial charge in [-0.3, -0.25) is 4.79 Å². The number of hydrogen-bond acceptors (Lipinski definition) is 4. The fourth-order valence-corrected chi connectivity index (χ4v) is 5.64. The molecule has 2 aromatic carbocycles. The fraction of sp³-hybridized carbons (Fsp3) is 0.263. The highest BCUT2D eigenvalue weighted by Gasteiger charge is 2.38. The number of carbonyl (C=O) groups is 1. The first-order chi connectivity index (χ1) is 13.0. The van der Waals surface area contributed by atoms with Crippen LogP contribution in [-0.2, 0) is 21.2 Å². The normalized spacial score (nSPS) is 20.1. The van der Waals surface area contributed by atoms with E-state index < -0.39 is 10.0 Å². The molecular weight excluding hydrogens is 364 g/mol. The number of carbonyl (C=O) groups excluding carboxylic acids is 1. The number of amides is 1. The van der Waals surface area contributed by atoms with Gasteiger partial charge in [-0.1, -0.05) is 12.1 Å². The molecule has 2 aliphatic heterocycles. The minimum absolute atomic E-state index is 0.110. The largest absolute Gasteiger partial charge is 0.341 e. The molecule has 27 heavy (non-hydrogen) atoms. The van der Waals surface area contributed by atoms with Crippen molar-refractivity contribution < 1.29 is 13.2 Å². The summed E-state index contributed by atoms with van der Waals surface area (Å²) in [5.41, 5.74) is 3.15. The van der Waals surface area contributed by atoms with Crippen molar-refractivity contribution in [2.24, 2.45) is 0 Å². The molecule has 0 spiro atoms. The first-order valence-electron chi connectivity index (χ1n) is 8.92. The molecule has 7 nitrogen and oxygen atoms in total. The highest BCUT2D eigenvalue weighted by molar-refractivity contribution is 7.89. The van der Waals surface area contributed by atoms with Crippen molar-refractivity contribution >= 4 is 32.7 Å². The van der Waals surface area contributed by atoms with E-state index in [0.29, 0.717) is 18.1 Å². The molecule has 1 unspecified atom stereocenters. The number of imidazole rings is 1. The first kappa shape index (κ1) is 16.5. The Kier molecular flexibility index (Phi) is 3.60. The monoisotopic (exact) mass is 382 g/mol. The van der Waals surface area contributed by atoms with E-state index in [1.54, 1.807) is 18.2 Å². The zero-order valence-corrected chi connectivity index (χ0v) is 15.3. The highest BCUT2D eigenvalue weighted by Crippen LogP contribution is 2.37. The van der Waals surface area contributed by atoms with Gasteiger partial charge < -0.3 is 10.3 Å². The van der Waals surface area contributed by atoms with Crippen molar-refractivity contribution in [1.29, 1.82) is 0 Å². The number of nitrogens with zero attached hydrogens (tertiary/aromatic N) is 2. The fourth-order valence-electron chi connectivity index (χ4n) is 3.93. The highest BCUT2D eigenvalue weighted by atomic mass is 32.2. The lowest BCUT2D eigenvalue weighted by Gasteiger charge is -2.23. The van der Waals surface area contributed by atoms with Gasteiger partial charge in [0.25, 0.3) is 0 Å². The van der Waals surface area contributed by atoms with Gasteiger partial charge in [-0.05, 0) is 48.7 Å². The van der Waals surface area contributed by atoms with Crippen molar-refractivity contribution in [3.63, 3.8) is 0 Å². The van der Waals surface area contributed by atoms with Crippen LogP contribution in [0.2, 0.25) is 0 Å². The predicted octanol–water partition coefficient (Wildman–Crippen LogP) is 2.58. The van der Waals surface area contributed by atoms with E-state index in [2.05, 4.69) is 15.3 Å². The number of hydrogen-bond donors (Lipinski definition) is 2. The van der Waals surface area contributed by atoms with Gasteiger partial charge in [-0.2, -0.15) is 4.31 Å². The molecule has 3 aromatic rings. The molecule has 8 heteroatoms. The molecule has 1 atom stereocenters. The predicted molar refractivity (Wildman–Crippen MR) is 101 cm³/mol. The van der Waals surface area contributed by atoms with Gasteiger partial charge in [-0.15, -0.1) is 0 Å². The number of aromatic nitrogens is 2. The molecule has 0 bridgehead atoms. The van der Waals surface area contributed by atoms with Crippen LogP contribution in [0.1, 0.15) is 30.3 Å². The molecule has 138 valence electrons. The second kappa shape index (κ2) is 5.90. The Labute approximate surface area is 156 Å². The van der Waals surface area contributed by atoms with Crippen molar-refractivity contribution in [2.45, 2.75) is 30.2 Å². The molecule has 1 amide bonds. The molecule has 1 aromatic heterocycles. The third-order valence-electron chi connectivity index (χ3n) is 5.24. The summed E-state index contributed by atoms with van der Waals surface area (Å²) in [7, 11) is -3.68. The van der Waals surface area contributed by atoms with E-state index in [9.17, 15) is 13.2 Å². The van der Waals surface area contributed by atoms with E-state index in [1.165, 1.54) is 4.31 Å². The zero-order valence-electron chi connectivity index (χ0n) is 14.5. The number of benzene rings is 2. The Bertz CT molecular complexity index is 1140. The molecular formula is C19H18N4O3S. The van der Waals surface area contributed by atoms with E-state index in [-0.39, 0.29) is 23.3 Å². The van der Waals surface area contributed by atoms with Crippen LogP contribution in [0, 0.1) is 0 Å². The maximum absolute atomic E-state index is 13.3. The Balaban J connectivity index is 1.52. The summed E-state index contributed by atoms with van der Waals surface area (Å²) < 4.78 is 28.1. The Morgan fingerprint density at radius 2 is 2.00 bits per heavy atom. The number of para-hydroxylation sites is 2. The van der Waals surface area contributed by atoms with Crippen LogP contribution in [0.4, 0.5) is 5.69 Å². The van der Waals surface area contributed by atoms with Crippen LogP contribution in [-0.4, -0.2) is 35.1 Å². The minimum Gasteiger partial charge on any atom is -0.341 e. The van der Waals surface area contributed by atoms with E-state index >= 15 is 0 Å². The topological polar surface area (TPSA) is 95.2 Å². The summed E-state index contributed by atoms with van der Waals surface area (Å²) >= 11 is 0.